The summed E-state index contributed by atoms with van der Waals surface area (Å²) in [4.78, 5) is 27.3. The van der Waals surface area contributed by atoms with E-state index in [-0.39, 0.29) is 11.1 Å². The number of carbonyl (C=O) groups is 2. The third-order valence-electron chi connectivity index (χ3n) is 5.81. The van der Waals surface area contributed by atoms with Gasteiger partial charge in [0.25, 0.3) is 11.1 Å². The molecule has 1 saturated heterocycles. The average molecular weight is 516 g/mol. The van der Waals surface area contributed by atoms with Crippen LogP contribution in [0, 0.1) is 5.92 Å². The SMILES string of the molecule is COc1cc(/C=C2/SC(=O)N(CC3CCCCC3)C2=O)cc(Br)c1OCc1ccccc1. The standard InChI is InChI=1S/C25H26BrNO4S/c1-30-21-13-19(12-20(26)23(21)31-16-18-10-6-3-7-11-18)14-22-24(28)27(25(29)32-22)15-17-8-4-2-5-9-17/h3,6-7,10-14,17H,2,4-5,8-9,15-16H2,1H3/b22-14+. The molecule has 2 amide bonds. The minimum Gasteiger partial charge on any atom is -0.493 e. The van der Waals surface area contributed by atoms with Crippen molar-refractivity contribution in [3.63, 3.8) is 0 Å². The Hall–Kier alpha value is -2.25. The van der Waals surface area contributed by atoms with Gasteiger partial charge in [-0.15, -0.1) is 0 Å². The van der Waals surface area contributed by atoms with E-state index in [1.165, 1.54) is 24.2 Å². The fraction of sp³-hybridized carbons (Fsp3) is 0.360. The van der Waals surface area contributed by atoms with Crippen molar-refractivity contribution in [3.05, 3.63) is 63.0 Å². The van der Waals surface area contributed by atoms with Crippen LogP contribution < -0.4 is 9.47 Å². The van der Waals surface area contributed by atoms with E-state index >= 15 is 0 Å². The summed E-state index contributed by atoms with van der Waals surface area (Å²) in [7, 11) is 1.58. The molecule has 4 rings (SSSR count). The Morgan fingerprint density at radius 1 is 1.12 bits per heavy atom. The predicted molar refractivity (Wildman–Crippen MR) is 131 cm³/mol. The van der Waals surface area contributed by atoms with E-state index in [1.54, 1.807) is 13.2 Å². The van der Waals surface area contributed by atoms with Crippen LogP contribution in [0.4, 0.5) is 4.79 Å². The zero-order valence-corrected chi connectivity index (χ0v) is 20.4. The van der Waals surface area contributed by atoms with Crippen LogP contribution in [0.3, 0.4) is 0 Å². The molecule has 0 aromatic heterocycles. The maximum absolute atomic E-state index is 12.9. The quantitative estimate of drug-likeness (QED) is 0.386. The summed E-state index contributed by atoms with van der Waals surface area (Å²) in [6.07, 6.45) is 7.55. The lowest BCUT2D eigenvalue weighted by molar-refractivity contribution is -0.123. The fourth-order valence-corrected chi connectivity index (χ4v) is 5.55. The van der Waals surface area contributed by atoms with Crippen molar-refractivity contribution in [2.45, 2.75) is 38.7 Å². The van der Waals surface area contributed by atoms with Crippen LogP contribution in [0.25, 0.3) is 6.08 Å². The van der Waals surface area contributed by atoms with Crippen LogP contribution in [0.15, 0.2) is 51.8 Å². The highest BCUT2D eigenvalue weighted by atomic mass is 79.9. The first-order chi connectivity index (χ1) is 15.5. The number of methoxy groups -OCH3 is 1. The van der Waals surface area contributed by atoms with E-state index in [2.05, 4.69) is 15.9 Å². The third kappa shape index (κ3) is 5.38. The number of hydrogen-bond donors (Lipinski definition) is 0. The summed E-state index contributed by atoms with van der Waals surface area (Å²) in [5, 5.41) is -0.180. The molecular weight excluding hydrogens is 490 g/mol. The van der Waals surface area contributed by atoms with Gasteiger partial charge in [0, 0.05) is 6.54 Å². The van der Waals surface area contributed by atoms with Gasteiger partial charge in [0.05, 0.1) is 16.5 Å². The Kier molecular flexibility index (Phi) is 7.58. The minimum absolute atomic E-state index is 0.180. The van der Waals surface area contributed by atoms with E-state index in [0.717, 1.165) is 40.2 Å². The number of halogens is 1. The molecule has 0 spiro atoms. The highest BCUT2D eigenvalue weighted by molar-refractivity contribution is 9.10. The normalized spacial score (nSPS) is 18.4. The number of ether oxygens (including phenoxy) is 2. The molecule has 168 valence electrons. The maximum Gasteiger partial charge on any atom is 0.293 e. The van der Waals surface area contributed by atoms with Gasteiger partial charge in [-0.1, -0.05) is 49.6 Å². The summed E-state index contributed by atoms with van der Waals surface area (Å²) in [5.74, 6) is 1.37. The Labute approximate surface area is 201 Å². The highest BCUT2D eigenvalue weighted by Gasteiger charge is 2.36. The van der Waals surface area contributed by atoms with Crippen LogP contribution in [0.1, 0.15) is 43.2 Å². The summed E-state index contributed by atoms with van der Waals surface area (Å²) < 4.78 is 12.2. The Bertz CT molecular complexity index is 1020. The molecular formula is C25H26BrNO4S. The first kappa shape index (κ1) is 22.9. The van der Waals surface area contributed by atoms with E-state index in [1.807, 2.05) is 42.5 Å². The lowest BCUT2D eigenvalue weighted by atomic mass is 9.89. The van der Waals surface area contributed by atoms with Crippen molar-refractivity contribution in [1.82, 2.24) is 4.90 Å². The lowest BCUT2D eigenvalue weighted by Gasteiger charge is -2.25. The zero-order chi connectivity index (χ0) is 22.5. The number of imide groups is 1. The topological polar surface area (TPSA) is 55.8 Å². The third-order valence-corrected chi connectivity index (χ3v) is 7.31. The molecule has 2 aliphatic rings. The average Bonchev–Trinajstić information content (AvgIpc) is 3.06. The van der Waals surface area contributed by atoms with Gasteiger partial charge in [0.1, 0.15) is 6.61 Å². The van der Waals surface area contributed by atoms with E-state index in [0.29, 0.717) is 35.5 Å². The van der Waals surface area contributed by atoms with Gasteiger partial charge in [-0.05, 0) is 75.8 Å². The largest absolute Gasteiger partial charge is 0.493 e. The second kappa shape index (κ2) is 10.6. The molecule has 0 N–H and O–H groups in total. The number of rotatable bonds is 7. The van der Waals surface area contributed by atoms with Gasteiger partial charge in [-0.3, -0.25) is 14.5 Å². The van der Waals surface area contributed by atoms with Gasteiger partial charge in [-0.2, -0.15) is 0 Å². The highest BCUT2D eigenvalue weighted by Crippen LogP contribution is 2.40. The lowest BCUT2D eigenvalue weighted by Crippen LogP contribution is -2.34. The van der Waals surface area contributed by atoms with Crippen LogP contribution in [0.5, 0.6) is 11.5 Å². The zero-order valence-electron chi connectivity index (χ0n) is 18.0. The van der Waals surface area contributed by atoms with Crippen molar-refractivity contribution in [2.75, 3.05) is 13.7 Å². The summed E-state index contributed by atoms with van der Waals surface area (Å²) in [6, 6.07) is 13.6. The number of thioether (sulfide) groups is 1. The molecule has 2 aromatic carbocycles. The Morgan fingerprint density at radius 2 is 1.88 bits per heavy atom. The molecule has 1 saturated carbocycles. The smallest absolute Gasteiger partial charge is 0.293 e. The van der Waals surface area contributed by atoms with Crippen molar-refractivity contribution in [1.29, 1.82) is 0 Å². The second-order valence-corrected chi connectivity index (χ2v) is 9.95. The van der Waals surface area contributed by atoms with Gasteiger partial charge < -0.3 is 9.47 Å². The molecule has 1 aliphatic carbocycles. The van der Waals surface area contributed by atoms with Gasteiger partial charge >= 0.3 is 0 Å². The monoisotopic (exact) mass is 515 g/mol. The van der Waals surface area contributed by atoms with Crippen molar-refractivity contribution in [3.8, 4) is 11.5 Å². The van der Waals surface area contributed by atoms with Crippen molar-refractivity contribution < 1.29 is 19.1 Å². The fourth-order valence-electron chi connectivity index (χ4n) is 4.13. The number of benzene rings is 2. The summed E-state index contributed by atoms with van der Waals surface area (Å²) in [5.41, 5.74) is 1.82. The molecule has 0 radical (unpaired) electrons. The van der Waals surface area contributed by atoms with Gasteiger partial charge in [0.15, 0.2) is 11.5 Å². The molecule has 7 heteroatoms. The molecule has 32 heavy (non-hydrogen) atoms. The van der Waals surface area contributed by atoms with E-state index in [4.69, 9.17) is 9.47 Å². The summed E-state index contributed by atoms with van der Waals surface area (Å²) in [6.45, 7) is 0.941. The number of amides is 2. The number of carbonyl (C=O) groups excluding carboxylic acids is 2. The molecule has 0 unspecified atom stereocenters. The number of nitrogens with zero attached hydrogens (tertiary/aromatic N) is 1. The first-order valence-corrected chi connectivity index (χ1v) is 12.5. The minimum atomic E-state index is -0.204. The molecule has 1 heterocycles. The molecule has 0 bridgehead atoms. The Morgan fingerprint density at radius 3 is 2.59 bits per heavy atom. The van der Waals surface area contributed by atoms with Crippen LogP contribution in [-0.4, -0.2) is 29.7 Å². The summed E-state index contributed by atoms with van der Waals surface area (Å²) >= 11 is 4.57. The molecule has 2 fully saturated rings. The van der Waals surface area contributed by atoms with Crippen molar-refractivity contribution in [2.24, 2.45) is 5.92 Å². The molecule has 0 atom stereocenters. The second-order valence-electron chi connectivity index (χ2n) is 8.10. The van der Waals surface area contributed by atoms with Crippen LogP contribution in [-0.2, 0) is 11.4 Å². The van der Waals surface area contributed by atoms with Gasteiger partial charge in [-0.25, -0.2) is 0 Å². The maximum atomic E-state index is 12.9. The molecule has 5 nitrogen and oxygen atoms in total. The first-order valence-electron chi connectivity index (χ1n) is 10.8. The molecule has 2 aromatic rings. The number of hydrogen-bond acceptors (Lipinski definition) is 5. The van der Waals surface area contributed by atoms with Crippen LogP contribution in [0.2, 0.25) is 0 Å². The van der Waals surface area contributed by atoms with Crippen molar-refractivity contribution >= 4 is 44.9 Å². The molecule has 1 aliphatic heterocycles. The predicted octanol–water partition coefficient (Wildman–Crippen LogP) is 6.65. The van der Waals surface area contributed by atoms with E-state index < -0.39 is 0 Å². The van der Waals surface area contributed by atoms with E-state index in [9.17, 15) is 9.59 Å². The van der Waals surface area contributed by atoms with Crippen LogP contribution >= 0.6 is 27.7 Å². The Balaban J connectivity index is 1.50. The van der Waals surface area contributed by atoms with Gasteiger partial charge in [0.2, 0.25) is 0 Å².